The molecular formula is C21H24Cl3N3O. The highest BCUT2D eigenvalue weighted by Gasteiger charge is 2.22. The Morgan fingerprint density at radius 3 is 2.46 bits per heavy atom. The molecule has 7 heteroatoms. The lowest BCUT2D eigenvalue weighted by atomic mass is 9.97. The van der Waals surface area contributed by atoms with Crippen LogP contribution < -0.4 is 4.90 Å². The molecule has 1 aliphatic carbocycles. The lowest BCUT2D eigenvalue weighted by Gasteiger charge is -2.36. The summed E-state index contributed by atoms with van der Waals surface area (Å²) in [5, 5.41) is 1.45. The summed E-state index contributed by atoms with van der Waals surface area (Å²) in [5.41, 5.74) is 3.13. The number of fused-ring (bicyclic) bond motifs is 1. The fourth-order valence-electron chi connectivity index (χ4n) is 4.24. The summed E-state index contributed by atoms with van der Waals surface area (Å²) in [6, 6.07) is 5.75. The summed E-state index contributed by atoms with van der Waals surface area (Å²) in [6.45, 7) is 5.87. The summed E-state index contributed by atoms with van der Waals surface area (Å²) in [5.74, 6) is 0.303. The lowest BCUT2D eigenvalue weighted by molar-refractivity contribution is 0.0971. The van der Waals surface area contributed by atoms with Crippen molar-refractivity contribution >= 4 is 46.3 Å². The molecule has 0 unspecified atom stereocenters. The van der Waals surface area contributed by atoms with Crippen LogP contribution in [0.2, 0.25) is 15.1 Å². The van der Waals surface area contributed by atoms with E-state index in [2.05, 4.69) is 20.6 Å². The van der Waals surface area contributed by atoms with E-state index in [0.717, 1.165) is 69.8 Å². The topological polar surface area (TPSA) is 28.5 Å². The lowest BCUT2D eigenvalue weighted by Crippen LogP contribution is -2.46. The molecule has 2 heterocycles. The van der Waals surface area contributed by atoms with Gasteiger partial charge in [0.2, 0.25) is 0 Å². The molecule has 0 saturated carbocycles. The molecule has 0 bridgehead atoms. The molecule has 2 aliphatic rings. The van der Waals surface area contributed by atoms with Crippen LogP contribution in [0.1, 0.15) is 35.3 Å². The number of aromatic nitrogens is 1. The molecule has 1 saturated heterocycles. The average molecular weight is 441 g/mol. The van der Waals surface area contributed by atoms with Crippen molar-refractivity contribution in [3.63, 3.8) is 0 Å². The van der Waals surface area contributed by atoms with E-state index < -0.39 is 0 Å². The Morgan fingerprint density at radius 2 is 1.68 bits per heavy atom. The van der Waals surface area contributed by atoms with Gasteiger partial charge in [-0.3, -0.25) is 9.69 Å². The molecule has 0 N–H and O–H groups in total. The quantitative estimate of drug-likeness (QED) is 0.600. The van der Waals surface area contributed by atoms with E-state index >= 15 is 0 Å². The van der Waals surface area contributed by atoms with Gasteiger partial charge in [-0.2, -0.15) is 0 Å². The molecule has 0 atom stereocenters. The summed E-state index contributed by atoms with van der Waals surface area (Å²) in [4.78, 5) is 16.7. The van der Waals surface area contributed by atoms with Gasteiger partial charge in [-0.1, -0.05) is 34.8 Å². The first-order valence-corrected chi connectivity index (χ1v) is 11.0. The summed E-state index contributed by atoms with van der Waals surface area (Å²) < 4.78 is 2.28. The highest BCUT2D eigenvalue weighted by molar-refractivity contribution is 6.49. The van der Waals surface area contributed by atoms with Gasteiger partial charge in [0.15, 0.2) is 5.78 Å². The summed E-state index contributed by atoms with van der Waals surface area (Å²) in [7, 11) is 0. The van der Waals surface area contributed by atoms with Gasteiger partial charge in [0.05, 0.1) is 20.8 Å². The number of anilines is 1. The zero-order chi connectivity index (χ0) is 19.7. The Balaban J connectivity index is 1.28. The number of ketones is 1. The van der Waals surface area contributed by atoms with Crippen LogP contribution in [0, 0.1) is 0 Å². The van der Waals surface area contributed by atoms with E-state index in [1.54, 1.807) is 6.07 Å². The number of halogens is 3. The number of rotatable bonds is 5. The van der Waals surface area contributed by atoms with Crippen molar-refractivity contribution in [2.75, 3.05) is 37.6 Å². The first-order chi connectivity index (χ1) is 13.5. The van der Waals surface area contributed by atoms with Gasteiger partial charge in [0.1, 0.15) is 0 Å². The Labute approximate surface area is 181 Å². The molecule has 150 valence electrons. The molecule has 2 aromatic rings. The third-order valence-corrected chi connectivity index (χ3v) is 7.08. The van der Waals surface area contributed by atoms with Crippen LogP contribution >= 0.6 is 34.8 Å². The number of hydrogen-bond donors (Lipinski definition) is 0. The Morgan fingerprint density at radius 1 is 0.893 bits per heavy atom. The molecule has 4 nitrogen and oxygen atoms in total. The van der Waals surface area contributed by atoms with Crippen LogP contribution in [-0.4, -0.2) is 48.0 Å². The van der Waals surface area contributed by atoms with Crippen molar-refractivity contribution in [1.29, 1.82) is 0 Å². The maximum Gasteiger partial charge on any atom is 0.164 e. The number of benzene rings is 1. The van der Waals surface area contributed by atoms with Crippen molar-refractivity contribution in [1.82, 2.24) is 9.47 Å². The first kappa shape index (κ1) is 20.1. The van der Waals surface area contributed by atoms with Crippen molar-refractivity contribution in [3.05, 3.63) is 50.7 Å². The minimum Gasteiger partial charge on any atom is -0.368 e. The maximum atomic E-state index is 12.0. The van der Waals surface area contributed by atoms with Crippen LogP contribution in [0.15, 0.2) is 24.4 Å². The number of piperazine rings is 1. The largest absolute Gasteiger partial charge is 0.368 e. The van der Waals surface area contributed by atoms with E-state index in [0.29, 0.717) is 27.3 Å². The van der Waals surface area contributed by atoms with Crippen molar-refractivity contribution in [3.8, 4) is 0 Å². The van der Waals surface area contributed by atoms with E-state index in [4.69, 9.17) is 34.8 Å². The van der Waals surface area contributed by atoms with Gasteiger partial charge in [0, 0.05) is 56.6 Å². The Hall–Kier alpha value is -1.20. The van der Waals surface area contributed by atoms with E-state index in [-0.39, 0.29) is 0 Å². The van der Waals surface area contributed by atoms with Gasteiger partial charge < -0.3 is 9.47 Å². The number of aryl methyl sites for hydroxylation is 1. The second-order valence-corrected chi connectivity index (χ2v) is 8.69. The van der Waals surface area contributed by atoms with E-state index in [1.807, 2.05) is 12.1 Å². The highest BCUT2D eigenvalue weighted by atomic mass is 35.5. The van der Waals surface area contributed by atoms with E-state index in [9.17, 15) is 4.79 Å². The van der Waals surface area contributed by atoms with Gasteiger partial charge in [-0.05, 0) is 44.0 Å². The Kier molecular flexibility index (Phi) is 6.21. The molecule has 1 aliphatic heterocycles. The number of carbonyl (C=O) groups is 1. The molecule has 28 heavy (non-hydrogen) atoms. The molecule has 1 fully saturated rings. The molecule has 4 rings (SSSR count). The number of Topliss-reactive ketones (excluding diaryl/α,β-unsaturated/α-hetero) is 1. The fourth-order valence-corrected chi connectivity index (χ4v) is 4.89. The van der Waals surface area contributed by atoms with Crippen LogP contribution in [-0.2, 0) is 13.0 Å². The number of hydrogen-bond acceptors (Lipinski definition) is 3. The molecule has 1 aromatic heterocycles. The standard InChI is InChI=1S/C21H24Cl3N3O/c22-16-5-6-18(21(24)20(16)23)27-13-11-25(12-14-27)8-2-9-26-10-7-15-17(26)3-1-4-19(15)28/h5-7,10H,1-4,8-9,11-14H2. The number of carbonyl (C=O) groups excluding carboxylic acids is 1. The molecule has 0 spiro atoms. The zero-order valence-corrected chi connectivity index (χ0v) is 18.0. The molecule has 0 radical (unpaired) electrons. The minimum absolute atomic E-state index is 0.303. The predicted octanol–water partition coefficient (Wildman–Crippen LogP) is 5.18. The third-order valence-electron chi connectivity index (χ3n) is 5.80. The van der Waals surface area contributed by atoms with Gasteiger partial charge >= 0.3 is 0 Å². The third kappa shape index (κ3) is 4.06. The van der Waals surface area contributed by atoms with Crippen LogP contribution in [0.5, 0.6) is 0 Å². The van der Waals surface area contributed by atoms with Crippen molar-refractivity contribution < 1.29 is 4.79 Å². The summed E-state index contributed by atoms with van der Waals surface area (Å²) >= 11 is 18.6. The smallest absolute Gasteiger partial charge is 0.164 e. The second-order valence-electron chi connectivity index (χ2n) is 7.52. The second kappa shape index (κ2) is 8.66. The monoisotopic (exact) mass is 439 g/mol. The maximum absolute atomic E-state index is 12.0. The molecule has 1 aromatic carbocycles. The van der Waals surface area contributed by atoms with Crippen LogP contribution in [0.25, 0.3) is 0 Å². The average Bonchev–Trinajstić information content (AvgIpc) is 3.12. The van der Waals surface area contributed by atoms with Gasteiger partial charge in [0.25, 0.3) is 0 Å². The van der Waals surface area contributed by atoms with Crippen LogP contribution in [0.3, 0.4) is 0 Å². The zero-order valence-electron chi connectivity index (χ0n) is 15.8. The minimum atomic E-state index is 0.303. The molecule has 0 amide bonds. The predicted molar refractivity (Wildman–Crippen MR) is 116 cm³/mol. The Bertz CT molecular complexity index is 872. The normalized spacial score (nSPS) is 17.8. The van der Waals surface area contributed by atoms with Crippen LogP contribution in [0.4, 0.5) is 5.69 Å². The SMILES string of the molecule is O=C1CCCc2c1ccn2CCCN1CCN(c2ccc(Cl)c(Cl)c2Cl)CC1. The van der Waals surface area contributed by atoms with Crippen molar-refractivity contribution in [2.45, 2.75) is 32.2 Å². The van der Waals surface area contributed by atoms with Crippen molar-refractivity contribution in [2.24, 2.45) is 0 Å². The fraction of sp³-hybridized carbons (Fsp3) is 0.476. The first-order valence-electron chi connectivity index (χ1n) is 9.86. The van der Waals surface area contributed by atoms with E-state index in [1.165, 1.54) is 5.69 Å². The summed E-state index contributed by atoms with van der Waals surface area (Å²) in [6.07, 6.45) is 5.87. The number of nitrogens with zero attached hydrogens (tertiary/aromatic N) is 3. The van der Waals surface area contributed by atoms with Gasteiger partial charge in [-0.25, -0.2) is 0 Å². The highest BCUT2D eigenvalue weighted by Crippen LogP contribution is 2.37. The van der Waals surface area contributed by atoms with Gasteiger partial charge in [-0.15, -0.1) is 0 Å². The molecular weight excluding hydrogens is 417 g/mol.